The summed E-state index contributed by atoms with van der Waals surface area (Å²) < 4.78 is 1.78. The molecule has 15 heavy (non-hydrogen) atoms. The summed E-state index contributed by atoms with van der Waals surface area (Å²) >= 11 is 0. The molecule has 2 rings (SSSR count). The molecule has 1 aromatic heterocycles. The highest BCUT2D eigenvalue weighted by atomic mass is 16.4. The lowest BCUT2D eigenvalue weighted by Gasteiger charge is -1.96. The Morgan fingerprint density at radius 2 is 2.27 bits per heavy atom. The van der Waals surface area contributed by atoms with Crippen molar-refractivity contribution in [2.75, 3.05) is 0 Å². The molecule has 0 spiro atoms. The molecule has 4 heteroatoms. The van der Waals surface area contributed by atoms with Crippen molar-refractivity contribution in [2.45, 2.75) is 13.3 Å². The molecule has 4 nitrogen and oxygen atoms in total. The van der Waals surface area contributed by atoms with E-state index < -0.39 is 5.97 Å². The number of nitrogens with zero attached hydrogens (tertiary/aromatic N) is 2. The lowest BCUT2D eigenvalue weighted by molar-refractivity contribution is 0.0697. The summed E-state index contributed by atoms with van der Waals surface area (Å²) in [5.74, 6) is -0.900. The number of aromatic nitrogens is 2. The zero-order valence-corrected chi connectivity index (χ0v) is 8.69. The third-order valence-corrected chi connectivity index (χ3v) is 2.51. The first kappa shape index (κ1) is 9.71. The molecular weight excluding hydrogens is 192 g/mol. The Bertz CT molecular complexity index is 529. The average molecular weight is 204 g/mol. The standard InChI is InChI=1S/C11H12N2O2/c1-3-9-8-6-7(11(14)15)4-5-10(8)13(2)12-9/h4-6H,3H2,1-2H3,(H,14,15). The Balaban J connectivity index is 2.73. The number of benzene rings is 1. The van der Waals surface area contributed by atoms with Gasteiger partial charge in [-0.2, -0.15) is 5.10 Å². The van der Waals surface area contributed by atoms with Gasteiger partial charge in [0.25, 0.3) is 0 Å². The number of rotatable bonds is 2. The predicted octanol–water partition coefficient (Wildman–Crippen LogP) is 1.83. The quantitative estimate of drug-likeness (QED) is 0.812. The van der Waals surface area contributed by atoms with Crippen molar-refractivity contribution < 1.29 is 9.90 Å². The van der Waals surface area contributed by atoms with E-state index in [0.29, 0.717) is 5.56 Å². The second-order valence-electron chi connectivity index (χ2n) is 3.46. The number of aryl methyl sites for hydroxylation is 2. The first-order valence-corrected chi connectivity index (χ1v) is 4.82. The van der Waals surface area contributed by atoms with Crippen LogP contribution in [0.4, 0.5) is 0 Å². The normalized spacial score (nSPS) is 10.8. The summed E-state index contributed by atoms with van der Waals surface area (Å²) in [6.07, 6.45) is 0.806. The number of fused-ring (bicyclic) bond motifs is 1. The Kier molecular flexibility index (Phi) is 2.19. The molecule has 0 fully saturated rings. The van der Waals surface area contributed by atoms with Gasteiger partial charge in [-0.15, -0.1) is 0 Å². The lowest BCUT2D eigenvalue weighted by atomic mass is 10.1. The van der Waals surface area contributed by atoms with Crippen LogP contribution >= 0.6 is 0 Å². The van der Waals surface area contributed by atoms with Crippen LogP contribution < -0.4 is 0 Å². The third kappa shape index (κ3) is 1.48. The van der Waals surface area contributed by atoms with Crippen molar-refractivity contribution in [3.05, 3.63) is 29.5 Å². The zero-order valence-electron chi connectivity index (χ0n) is 8.69. The highest BCUT2D eigenvalue weighted by molar-refractivity contribution is 5.94. The monoisotopic (exact) mass is 204 g/mol. The third-order valence-electron chi connectivity index (χ3n) is 2.51. The van der Waals surface area contributed by atoms with Gasteiger partial charge in [0.1, 0.15) is 0 Å². The summed E-state index contributed by atoms with van der Waals surface area (Å²) in [6.45, 7) is 2.01. The fraction of sp³-hybridized carbons (Fsp3) is 0.273. The van der Waals surface area contributed by atoms with Crippen LogP contribution in [0.25, 0.3) is 10.9 Å². The van der Waals surface area contributed by atoms with Crippen molar-refractivity contribution in [3.63, 3.8) is 0 Å². The molecule has 78 valence electrons. The predicted molar refractivity (Wildman–Crippen MR) is 57.1 cm³/mol. The summed E-state index contributed by atoms with van der Waals surface area (Å²) in [5.41, 5.74) is 2.22. The summed E-state index contributed by atoms with van der Waals surface area (Å²) in [4.78, 5) is 10.8. The van der Waals surface area contributed by atoms with Crippen LogP contribution in [-0.4, -0.2) is 20.9 Å². The number of hydrogen-bond donors (Lipinski definition) is 1. The van der Waals surface area contributed by atoms with Gasteiger partial charge in [-0.3, -0.25) is 4.68 Å². The van der Waals surface area contributed by atoms with Gasteiger partial charge in [0.2, 0.25) is 0 Å². The van der Waals surface area contributed by atoms with Crippen molar-refractivity contribution in [1.29, 1.82) is 0 Å². The maximum Gasteiger partial charge on any atom is 0.335 e. The number of carboxylic acid groups (broad SMARTS) is 1. The minimum atomic E-state index is -0.900. The molecule has 1 N–H and O–H groups in total. The number of hydrogen-bond acceptors (Lipinski definition) is 2. The van der Waals surface area contributed by atoms with Gasteiger partial charge < -0.3 is 5.11 Å². The van der Waals surface area contributed by atoms with Crippen LogP contribution in [0.2, 0.25) is 0 Å². The fourth-order valence-electron chi connectivity index (χ4n) is 1.73. The summed E-state index contributed by atoms with van der Waals surface area (Å²) in [5, 5.41) is 14.2. The molecule has 0 saturated carbocycles. The highest BCUT2D eigenvalue weighted by Crippen LogP contribution is 2.20. The second kappa shape index (κ2) is 3.38. The molecule has 0 aliphatic heterocycles. The van der Waals surface area contributed by atoms with E-state index in [1.54, 1.807) is 22.9 Å². The number of carbonyl (C=O) groups is 1. The number of carboxylic acids is 1. The Morgan fingerprint density at radius 3 is 2.87 bits per heavy atom. The maximum absolute atomic E-state index is 10.8. The van der Waals surface area contributed by atoms with Gasteiger partial charge in [-0.1, -0.05) is 6.92 Å². The molecule has 0 saturated heterocycles. The SMILES string of the molecule is CCc1nn(C)c2ccc(C(=O)O)cc12. The lowest BCUT2D eigenvalue weighted by Crippen LogP contribution is -1.95. The van der Waals surface area contributed by atoms with E-state index in [4.69, 9.17) is 5.11 Å². The van der Waals surface area contributed by atoms with Gasteiger partial charge >= 0.3 is 5.97 Å². The molecule has 2 aromatic rings. The highest BCUT2D eigenvalue weighted by Gasteiger charge is 2.10. The van der Waals surface area contributed by atoms with Crippen LogP contribution in [0.15, 0.2) is 18.2 Å². The minimum absolute atomic E-state index is 0.310. The Morgan fingerprint density at radius 1 is 1.53 bits per heavy atom. The van der Waals surface area contributed by atoms with Crippen LogP contribution in [0, 0.1) is 0 Å². The molecule has 0 aliphatic carbocycles. The molecule has 1 aromatic carbocycles. The molecular formula is C11H12N2O2. The Hall–Kier alpha value is -1.84. The largest absolute Gasteiger partial charge is 0.478 e. The maximum atomic E-state index is 10.8. The Labute approximate surface area is 87.1 Å². The molecule has 0 bridgehead atoms. The zero-order chi connectivity index (χ0) is 11.0. The molecule has 0 radical (unpaired) electrons. The van der Waals surface area contributed by atoms with E-state index in [2.05, 4.69) is 5.10 Å². The van der Waals surface area contributed by atoms with Gasteiger partial charge in [0.05, 0.1) is 16.8 Å². The van der Waals surface area contributed by atoms with E-state index in [9.17, 15) is 4.79 Å². The van der Waals surface area contributed by atoms with Gasteiger partial charge in [-0.25, -0.2) is 4.79 Å². The van der Waals surface area contributed by atoms with Gasteiger partial charge in [0, 0.05) is 12.4 Å². The van der Waals surface area contributed by atoms with E-state index in [1.807, 2.05) is 14.0 Å². The van der Waals surface area contributed by atoms with E-state index in [-0.39, 0.29) is 0 Å². The minimum Gasteiger partial charge on any atom is -0.478 e. The molecule has 0 aliphatic rings. The second-order valence-corrected chi connectivity index (χ2v) is 3.46. The first-order valence-electron chi connectivity index (χ1n) is 4.82. The van der Waals surface area contributed by atoms with E-state index >= 15 is 0 Å². The molecule has 0 amide bonds. The van der Waals surface area contributed by atoms with Gasteiger partial charge in [0.15, 0.2) is 0 Å². The van der Waals surface area contributed by atoms with E-state index in [0.717, 1.165) is 23.0 Å². The van der Waals surface area contributed by atoms with Crippen molar-refractivity contribution >= 4 is 16.9 Å². The van der Waals surface area contributed by atoms with Crippen molar-refractivity contribution in [2.24, 2.45) is 7.05 Å². The summed E-state index contributed by atoms with van der Waals surface area (Å²) in [7, 11) is 1.86. The van der Waals surface area contributed by atoms with Crippen molar-refractivity contribution in [3.8, 4) is 0 Å². The first-order chi connectivity index (χ1) is 7.13. The van der Waals surface area contributed by atoms with Crippen LogP contribution in [-0.2, 0) is 13.5 Å². The van der Waals surface area contributed by atoms with Crippen LogP contribution in [0.3, 0.4) is 0 Å². The van der Waals surface area contributed by atoms with Crippen LogP contribution in [0.5, 0.6) is 0 Å². The van der Waals surface area contributed by atoms with Crippen molar-refractivity contribution in [1.82, 2.24) is 9.78 Å². The van der Waals surface area contributed by atoms with E-state index in [1.165, 1.54) is 0 Å². The molecule has 0 unspecified atom stereocenters. The number of aromatic carboxylic acids is 1. The van der Waals surface area contributed by atoms with Gasteiger partial charge in [-0.05, 0) is 24.6 Å². The summed E-state index contributed by atoms with van der Waals surface area (Å²) in [6, 6.07) is 5.08. The smallest absolute Gasteiger partial charge is 0.335 e. The molecule has 0 atom stereocenters. The topological polar surface area (TPSA) is 55.1 Å². The fourth-order valence-corrected chi connectivity index (χ4v) is 1.73. The average Bonchev–Trinajstić information content (AvgIpc) is 2.55. The van der Waals surface area contributed by atoms with Crippen LogP contribution in [0.1, 0.15) is 23.0 Å². The molecule has 1 heterocycles.